The Bertz CT molecular complexity index is 416. The SMILES string of the molecule is Cl.O=C(C1Cc2ccccc21)N1CCNCC1. The van der Waals surface area contributed by atoms with Crippen molar-refractivity contribution >= 4 is 18.3 Å². The van der Waals surface area contributed by atoms with Crippen molar-refractivity contribution in [3.05, 3.63) is 35.4 Å². The van der Waals surface area contributed by atoms with E-state index in [1.807, 2.05) is 17.0 Å². The van der Waals surface area contributed by atoms with Crippen LogP contribution in [0.4, 0.5) is 0 Å². The second-order valence-corrected chi connectivity index (χ2v) is 4.53. The Labute approximate surface area is 108 Å². The van der Waals surface area contributed by atoms with E-state index in [-0.39, 0.29) is 18.3 Å². The lowest BCUT2D eigenvalue weighted by Gasteiger charge is -2.35. The molecule has 1 aliphatic heterocycles. The largest absolute Gasteiger partial charge is 0.340 e. The summed E-state index contributed by atoms with van der Waals surface area (Å²) in [5.74, 6) is 0.453. The summed E-state index contributed by atoms with van der Waals surface area (Å²) in [4.78, 5) is 14.2. The number of amides is 1. The number of piperazine rings is 1. The monoisotopic (exact) mass is 252 g/mol. The van der Waals surface area contributed by atoms with Crippen molar-refractivity contribution in [1.29, 1.82) is 0 Å². The van der Waals surface area contributed by atoms with Gasteiger partial charge in [-0.15, -0.1) is 12.4 Å². The maximum Gasteiger partial charge on any atom is 0.230 e. The molecule has 3 rings (SSSR count). The maximum absolute atomic E-state index is 12.2. The summed E-state index contributed by atoms with van der Waals surface area (Å²) in [6.07, 6.45) is 0.929. The number of carbonyl (C=O) groups is 1. The topological polar surface area (TPSA) is 32.3 Å². The Morgan fingerprint density at radius 1 is 1.24 bits per heavy atom. The van der Waals surface area contributed by atoms with Crippen LogP contribution in [-0.4, -0.2) is 37.0 Å². The van der Waals surface area contributed by atoms with Crippen LogP contribution in [-0.2, 0) is 11.2 Å². The Hall–Kier alpha value is -1.06. The molecule has 1 saturated heterocycles. The van der Waals surface area contributed by atoms with Crippen LogP contribution in [0.3, 0.4) is 0 Å². The second kappa shape index (κ2) is 5.07. The van der Waals surface area contributed by atoms with Crippen LogP contribution in [0.2, 0.25) is 0 Å². The lowest BCUT2D eigenvalue weighted by molar-refractivity contribution is -0.134. The van der Waals surface area contributed by atoms with Crippen molar-refractivity contribution in [1.82, 2.24) is 10.2 Å². The molecule has 3 nitrogen and oxygen atoms in total. The fraction of sp³-hybridized carbons (Fsp3) is 0.462. The quantitative estimate of drug-likeness (QED) is 0.814. The van der Waals surface area contributed by atoms with Crippen molar-refractivity contribution in [2.75, 3.05) is 26.2 Å². The molecule has 1 aromatic rings. The fourth-order valence-corrected chi connectivity index (χ4v) is 2.58. The van der Waals surface area contributed by atoms with Gasteiger partial charge in [0.25, 0.3) is 0 Å². The summed E-state index contributed by atoms with van der Waals surface area (Å²) in [6.45, 7) is 3.58. The van der Waals surface area contributed by atoms with Crippen LogP contribution in [0.1, 0.15) is 17.0 Å². The Morgan fingerprint density at radius 3 is 2.65 bits per heavy atom. The van der Waals surface area contributed by atoms with E-state index in [4.69, 9.17) is 0 Å². The molecule has 0 spiro atoms. The van der Waals surface area contributed by atoms with Crippen molar-refractivity contribution < 1.29 is 4.79 Å². The summed E-state index contributed by atoms with van der Waals surface area (Å²) in [5.41, 5.74) is 2.59. The van der Waals surface area contributed by atoms with Gasteiger partial charge in [-0.1, -0.05) is 24.3 Å². The van der Waals surface area contributed by atoms with Gasteiger partial charge in [0.2, 0.25) is 5.91 Å². The minimum absolute atomic E-state index is 0. The molecule has 1 atom stereocenters. The summed E-state index contributed by atoms with van der Waals surface area (Å²) >= 11 is 0. The minimum atomic E-state index is 0. The molecule has 17 heavy (non-hydrogen) atoms. The van der Waals surface area contributed by atoms with Gasteiger partial charge in [-0.25, -0.2) is 0 Å². The standard InChI is InChI=1S/C13H16N2O.ClH/c16-13(15-7-5-14-6-8-15)12-9-10-3-1-2-4-11(10)12;/h1-4,12,14H,5-9H2;1H. The molecule has 0 aromatic heterocycles. The molecule has 1 aliphatic carbocycles. The molecule has 0 bridgehead atoms. The van der Waals surface area contributed by atoms with E-state index in [1.165, 1.54) is 11.1 Å². The van der Waals surface area contributed by atoms with E-state index < -0.39 is 0 Å². The summed E-state index contributed by atoms with van der Waals surface area (Å²) in [7, 11) is 0. The average Bonchev–Trinajstić information content (AvgIpc) is 2.32. The fourth-order valence-electron chi connectivity index (χ4n) is 2.58. The first-order chi connectivity index (χ1) is 7.86. The predicted octanol–water partition coefficient (Wildman–Crippen LogP) is 1.18. The highest BCUT2D eigenvalue weighted by Gasteiger charge is 2.34. The van der Waals surface area contributed by atoms with Crippen molar-refractivity contribution in [2.45, 2.75) is 12.3 Å². The molecular formula is C13H17ClN2O. The molecule has 1 amide bonds. The number of nitrogens with one attached hydrogen (secondary N) is 1. The number of benzene rings is 1. The molecular weight excluding hydrogens is 236 g/mol. The molecule has 4 heteroatoms. The number of nitrogens with zero attached hydrogens (tertiary/aromatic N) is 1. The maximum atomic E-state index is 12.2. The lowest BCUT2D eigenvalue weighted by atomic mass is 9.77. The third-order valence-electron chi connectivity index (χ3n) is 3.58. The highest BCUT2D eigenvalue weighted by Crippen LogP contribution is 2.36. The number of carbonyl (C=O) groups excluding carboxylic acids is 1. The summed E-state index contributed by atoms with van der Waals surface area (Å²) in [6, 6.07) is 8.28. The van der Waals surface area contributed by atoms with Crippen LogP contribution in [0.15, 0.2) is 24.3 Å². The highest BCUT2D eigenvalue weighted by molar-refractivity contribution is 5.87. The number of hydrogen-bond acceptors (Lipinski definition) is 2. The third kappa shape index (κ3) is 2.17. The Morgan fingerprint density at radius 2 is 1.94 bits per heavy atom. The zero-order valence-electron chi connectivity index (χ0n) is 9.69. The van der Waals surface area contributed by atoms with Gasteiger partial charge in [-0.05, 0) is 17.5 Å². The van der Waals surface area contributed by atoms with E-state index >= 15 is 0 Å². The molecule has 2 aliphatic rings. The van der Waals surface area contributed by atoms with E-state index in [0.717, 1.165) is 32.6 Å². The van der Waals surface area contributed by atoms with Gasteiger partial charge >= 0.3 is 0 Å². The van der Waals surface area contributed by atoms with Gasteiger partial charge in [0.05, 0.1) is 5.92 Å². The summed E-state index contributed by atoms with van der Waals surface area (Å²) in [5, 5.41) is 3.27. The van der Waals surface area contributed by atoms with Crippen LogP contribution in [0, 0.1) is 0 Å². The Balaban J connectivity index is 0.00000108. The zero-order chi connectivity index (χ0) is 11.0. The number of fused-ring (bicyclic) bond motifs is 1. The molecule has 1 unspecified atom stereocenters. The molecule has 1 N–H and O–H groups in total. The molecule has 0 radical (unpaired) electrons. The lowest BCUT2D eigenvalue weighted by Crippen LogP contribution is -2.49. The molecule has 0 saturated carbocycles. The van der Waals surface area contributed by atoms with E-state index in [1.54, 1.807) is 0 Å². The average molecular weight is 253 g/mol. The van der Waals surface area contributed by atoms with Crippen molar-refractivity contribution in [3.63, 3.8) is 0 Å². The molecule has 1 aromatic carbocycles. The number of halogens is 1. The number of hydrogen-bond donors (Lipinski definition) is 1. The van der Waals surface area contributed by atoms with E-state index in [9.17, 15) is 4.79 Å². The Kier molecular flexibility index (Phi) is 3.69. The van der Waals surface area contributed by atoms with Gasteiger partial charge in [-0.2, -0.15) is 0 Å². The third-order valence-corrected chi connectivity index (χ3v) is 3.58. The minimum Gasteiger partial charge on any atom is -0.340 e. The van der Waals surface area contributed by atoms with Gasteiger partial charge in [0, 0.05) is 26.2 Å². The zero-order valence-corrected chi connectivity index (χ0v) is 10.5. The molecule has 1 heterocycles. The van der Waals surface area contributed by atoms with E-state index in [0.29, 0.717) is 5.91 Å². The van der Waals surface area contributed by atoms with Crippen LogP contribution in [0.5, 0.6) is 0 Å². The normalized spacial score (nSPS) is 22.1. The van der Waals surface area contributed by atoms with Crippen LogP contribution >= 0.6 is 12.4 Å². The van der Waals surface area contributed by atoms with Crippen LogP contribution in [0.25, 0.3) is 0 Å². The molecule has 1 fully saturated rings. The second-order valence-electron chi connectivity index (χ2n) is 4.53. The van der Waals surface area contributed by atoms with E-state index in [2.05, 4.69) is 17.4 Å². The van der Waals surface area contributed by atoms with Gasteiger partial charge in [0.15, 0.2) is 0 Å². The van der Waals surface area contributed by atoms with Crippen molar-refractivity contribution in [3.8, 4) is 0 Å². The smallest absolute Gasteiger partial charge is 0.230 e. The van der Waals surface area contributed by atoms with Crippen molar-refractivity contribution in [2.24, 2.45) is 0 Å². The number of rotatable bonds is 1. The highest BCUT2D eigenvalue weighted by atomic mass is 35.5. The van der Waals surface area contributed by atoms with Gasteiger partial charge in [-0.3, -0.25) is 4.79 Å². The summed E-state index contributed by atoms with van der Waals surface area (Å²) < 4.78 is 0. The first kappa shape index (κ1) is 12.4. The first-order valence-electron chi connectivity index (χ1n) is 5.93. The predicted molar refractivity (Wildman–Crippen MR) is 69.6 cm³/mol. The van der Waals surface area contributed by atoms with Crippen LogP contribution < -0.4 is 5.32 Å². The molecule has 92 valence electrons. The van der Waals surface area contributed by atoms with Gasteiger partial charge < -0.3 is 10.2 Å². The van der Waals surface area contributed by atoms with Gasteiger partial charge in [0.1, 0.15) is 0 Å². The first-order valence-corrected chi connectivity index (χ1v) is 5.93.